The number of benzene rings is 3. The predicted molar refractivity (Wildman–Crippen MR) is 141 cm³/mol. The van der Waals surface area contributed by atoms with Crippen LogP contribution in [0.15, 0.2) is 53.4 Å². The van der Waals surface area contributed by atoms with Crippen molar-refractivity contribution in [3.63, 3.8) is 0 Å². The third kappa shape index (κ3) is 5.85. The van der Waals surface area contributed by atoms with Crippen molar-refractivity contribution in [2.24, 2.45) is 0 Å². The molecule has 8 nitrogen and oxygen atoms in total. The number of nitrogens with one attached hydrogen (secondary N) is 1. The molecule has 0 aliphatic rings. The Bertz CT molecular complexity index is 1370. The van der Waals surface area contributed by atoms with E-state index in [9.17, 15) is 13.2 Å². The van der Waals surface area contributed by atoms with Gasteiger partial charge in [0.1, 0.15) is 28.7 Å². The van der Waals surface area contributed by atoms with E-state index in [4.69, 9.17) is 25.8 Å². The van der Waals surface area contributed by atoms with E-state index in [1.807, 2.05) is 19.9 Å². The van der Waals surface area contributed by atoms with Crippen LogP contribution in [0.4, 0.5) is 11.4 Å². The molecule has 0 heterocycles. The molecule has 0 fully saturated rings. The molecule has 0 aliphatic heterocycles. The second kappa shape index (κ2) is 11.1. The fourth-order valence-corrected chi connectivity index (χ4v) is 5.67. The second-order valence-corrected chi connectivity index (χ2v) is 10.5. The van der Waals surface area contributed by atoms with E-state index >= 15 is 0 Å². The van der Waals surface area contributed by atoms with Crippen molar-refractivity contribution in [3.8, 4) is 17.2 Å². The average molecular weight is 533 g/mol. The Kier molecular flexibility index (Phi) is 8.37. The van der Waals surface area contributed by atoms with E-state index in [0.29, 0.717) is 22.2 Å². The van der Waals surface area contributed by atoms with Crippen molar-refractivity contribution in [2.45, 2.75) is 25.7 Å². The van der Waals surface area contributed by atoms with Crippen molar-refractivity contribution in [2.75, 3.05) is 37.5 Å². The highest BCUT2D eigenvalue weighted by molar-refractivity contribution is 7.93. The monoisotopic (exact) mass is 532 g/mol. The lowest BCUT2D eigenvalue weighted by Crippen LogP contribution is -2.38. The van der Waals surface area contributed by atoms with Gasteiger partial charge in [-0.2, -0.15) is 0 Å². The zero-order valence-electron chi connectivity index (χ0n) is 21.0. The Hall–Kier alpha value is -3.43. The van der Waals surface area contributed by atoms with E-state index in [2.05, 4.69) is 5.32 Å². The Morgan fingerprint density at radius 2 is 1.44 bits per heavy atom. The van der Waals surface area contributed by atoms with Crippen LogP contribution in [-0.4, -0.2) is 42.2 Å². The largest absolute Gasteiger partial charge is 0.495 e. The normalized spacial score (nSPS) is 11.1. The van der Waals surface area contributed by atoms with Crippen molar-refractivity contribution < 1.29 is 27.4 Å². The molecule has 10 heteroatoms. The van der Waals surface area contributed by atoms with E-state index in [1.165, 1.54) is 39.5 Å². The lowest BCUT2D eigenvalue weighted by Gasteiger charge is -2.26. The number of carbonyl (C=O) groups excluding carboxylic acids is 1. The van der Waals surface area contributed by atoms with Crippen LogP contribution in [0.25, 0.3) is 0 Å². The topological polar surface area (TPSA) is 94.2 Å². The van der Waals surface area contributed by atoms with Gasteiger partial charge in [0, 0.05) is 12.1 Å². The van der Waals surface area contributed by atoms with E-state index in [-0.39, 0.29) is 16.3 Å². The SMILES string of the molecule is COc1cc(NC(=O)CN(c2cc(C)cc(C)c2)S(=O)(=O)c2cc(C)ccc2OC)c(OC)cc1Cl. The first kappa shape index (κ1) is 27.2. The first-order valence-corrected chi connectivity index (χ1v) is 12.8. The number of hydrogen-bond donors (Lipinski definition) is 1. The van der Waals surface area contributed by atoms with E-state index < -0.39 is 22.5 Å². The van der Waals surface area contributed by atoms with Crippen LogP contribution in [0.5, 0.6) is 17.2 Å². The number of aryl methyl sites for hydroxylation is 3. The van der Waals surface area contributed by atoms with Crippen molar-refractivity contribution in [3.05, 3.63) is 70.2 Å². The van der Waals surface area contributed by atoms with Gasteiger partial charge in [0.2, 0.25) is 5.91 Å². The van der Waals surface area contributed by atoms with Crippen molar-refractivity contribution in [1.29, 1.82) is 0 Å². The highest BCUT2D eigenvalue weighted by Gasteiger charge is 2.31. The molecule has 0 spiro atoms. The summed E-state index contributed by atoms with van der Waals surface area (Å²) in [5.41, 5.74) is 3.08. The number of carbonyl (C=O) groups is 1. The maximum absolute atomic E-state index is 13.9. The number of ether oxygens (including phenoxy) is 3. The smallest absolute Gasteiger partial charge is 0.268 e. The Morgan fingerprint density at radius 3 is 2.03 bits per heavy atom. The summed E-state index contributed by atoms with van der Waals surface area (Å²) in [6.45, 7) is 5.00. The number of halogens is 1. The molecule has 36 heavy (non-hydrogen) atoms. The third-order valence-electron chi connectivity index (χ3n) is 5.42. The molecule has 0 unspecified atom stereocenters. The lowest BCUT2D eigenvalue weighted by molar-refractivity contribution is -0.114. The molecule has 3 rings (SSSR count). The maximum Gasteiger partial charge on any atom is 0.268 e. The Labute approximate surface area is 216 Å². The molecule has 0 atom stereocenters. The summed E-state index contributed by atoms with van der Waals surface area (Å²) in [6.07, 6.45) is 0. The van der Waals surface area contributed by atoms with Gasteiger partial charge in [-0.05, 0) is 61.7 Å². The van der Waals surface area contributed by atoms with Gasteiger partial charge in [-0.3, -0.25) is 9.10 Å². The van der Waals surface area contributed by atoms with Crippen LogP contribution in [0, 0.1) is 20.8 Å². The molecule has 1 N–H and O–H groups in total. The van der Waals surface area contributed by atoms with Crippen LogP contribution in [0.1, 0.15) is 16.7 Å². The minimum absolute atomic E-state index is 0.0392. The molecule has 192 valence electrons. The van der Waals surface area contributed by atoms with Gasteiger partial charge in [-0.1, -0.05) is 23.7 Å². The summed E-state index contributed by atoms with van der Waals surface area (Å²) in [6, 6.07) is 13.2. The summed E-state index contributed by atoms with van der Waals surface area (Å²) in [5, 5.41) is 3.02. The van der Waals surface area contributed by atoms with Gasteiger partial charge >= 0.3 is 0 Å². The fraction of sp³-hybridized carbons (Fsp3) is 0.269. The lowest BCUT2D eigenvalue weighted by atomic mass is 10.1. The number of amides is 1. The van der Waals surface area contributed by atoms with Gasteiger partial charge < -0.3 is 19.5 Å². The van der Waals surface area contributed by atoms with Crippen molar-refractivity contribution >= 4 is 38.9 Å². The molecule has 0 radical (unpaired) electrons. The quantitative estimate of drug-likeness (QED) is 0.411. The molecular weight excluding hydrogens is 504 g/mol. The maximum atomic E-state index is 13.9. The summed E-state index contributed by atoms with van der Waals surface area (Å²) >= 11 is 6.16. The standard InChI is InChI=1S/C26H29ClN2O6S/c1-16-7-8-22(33-4)25(12-16)36(31,32)29(19-10-17(2)9-18(3)11-19)15-26(30)28-21-14-23(34-5)20(27)13-24(21)35-6/h7-14H,15H2,1-6H3,(H,28,30). The first-order chi connectivity index (χ1) is 17.0. The zero-order valence-corrected chi connectivity index (χ0v) is 22.6. The van der Waals surface area contributed by atoms with Gasteiger partial charge in [0.05, 0.1) is 37.7 Å². The van der Waals surface area contributed by atoms with Crippen LogP contribution in [-0.2, 0) is 14.8 Å². The highest BCUT2D eigenvalue weighted by Crippen LogP contribution is 2.36. The van der Waals surface area contributed by atoms with Gasteiger partial charge in [0.15, 0.2) is 0 Å². The Morgan fingerprint density at radius 1 is 0.833 bits per heavy atom. The Balaban J connectivity index is 2.08. The molecule has 0 saturated carbocycles. The summed E-state index contributed by atoms with van der Waals surface area (Å²) in [7, 11) is 0.0775. The number of methoxy groups -OCH3 is 3. The number of rotatable bonds is 9. The number of hydrogen-bond acceptors (Lipinski definition) is 6. The van der Waals surface area contributed by atoms with Crippen LogP contribution in [0.3, 0.4) is 0 Å². The fourth-order valence-electron chi connectivity index (χ4n) is 3.79. The summed E-state index contributed by atoms with van der Waals surface area (Å²) in [5.74, 6) is 0.220. The predicted octanol–water partition coefficient (Wildman–Crippen LogP) is 5.13. The number of anilines is 2. The van der Waals surface area contributed by atoms with Crippen molar-refractivity contribution in [1.82, 2.24) is 0 Å². The first-order valence-electron chi connectivity index (χ1n) is 11.0. The van der Waals surface area contributed by atoms with Crippen LogP contribution >= 0.6 is 11.6 Å². The zero-order chi connectivity index (χ0) is 26.6. The van der Waals surface area contributed by atoms with Gasteiger partial charge in [0.25, 0.3) is 10.0 Å². The minimum atomic E-state index is -4.21. The molecule has 1 amide bonds. The van der Waals surface area contributed by atoms with Gasteiger partial charge in [-0.25, -0.2) is 8.42 Å². The van der Waals surface area contributed by atoms with E-state index in [1.54, 1.807) is 31.2 Å². The highest BCUT2D eigenvalue weighted by atomic mass is 35.5. The second-order valence-electron chi connectivity index (χ2n) is 8.25. The molecular formula is C26H29ClN2O6S. The average Bonchev–Trinajstić information content (AvgIpc) is 2.82. The molecule has 0 saturated heterocycles. The third-order valence-corrected chi connectivity index (χ3v) is 7.51. The molecule has 0 aliphatic carbocycles. The van der Waals surface area contributed by atoms with Crippen LogP contribution < -0.4 is 23.8 Å². The van der Waals surface area contributed by atoms with Crippen LogP contribution in [0.2, 0.25) is 5.02 Å². The minimum Gasteiger partial charge on any atom is -0.495 e. The van der Waals surface area contributed by atoms with E-state index in [0.717, 1.165) is 21.0 Å². The summed E-state index contributed by atoms with van der Waals surface area (Å²) < 4.78 is 44.9. The number of sulfonamides is 1. The molecule has 3 aromatic rings. The van der Waals surface area contributed by atoms with Gasteiger partial charge in [-0.15, -0.1) is 0 Å². The molecule has 3 aromatic carbocycles. The number of nitrogens with zero attached hydrogens (tertiary/aromatic N) is 1. The molecule has 0 aromatic heterocycles. The molecule has 0 bridgehead atoms. The summed E-state index contributed by atoms with van der Waals surface area (Å²) in [4.78, 5) is 13.2.